The van der Waals surface area contributed by atoms with Crippen molar-refractivity contribution in [3.05, 3.63) is 42.7 Å². The average Bonchev–Trinajstić information content (AvgIpc) is 3.64. The standard InChI is InChI=1S/C21H27N6O18P3/c22-17-12-18(24-7-23-17)27(8-25-12)20-16(44-46(33,34)35)14(29)11(43-20)6-41-48(38,39)45-47(36,37)40-5-10-13(28)15(30)19(42-10)26-3-1-2-9(4-26)21(31)32/h1-4,7-8,10-11,13-16,19-20,28-30H,5-6H2,(H6-,22,23,24,31,32,33,34,35,36,37,38,39)/p+1/t10-,11+,13?,14?,15?,16-,19-,20+/m0/s1. The highest BCUT2D eigenvalue weighted by molar-refractivity contribution is 7.61. The second-order valence-corrected chi connectivity index (χ2v) is 14.4. The summed E-state index contributed by atoms with van der Waals surface area (Å²) in [6, 6.07) is 2.58. The van der Waals surface area contributed by atoms with Gasteiger partial charge < -0.3 is 55.2 Å². The third-order valence-electron chi connectivity index (χ3n) is 6.94. The lowest BCUT2D eigenvalue weighted by molar-refractivity contribution is -0.765. The van der Waals surface area contributed by atoms with Gasteiger partial charge in [0.2, 0.25) is 0 Å². The molecule has 10 atom stereocenters. The molecule has 2 aliphatic heterocycles. The number of nitrogen functional groups attached to an aromatic ring is 1. The SMILES string of the molecule is Nc1ncnc2c1ncn2[C@@H]1O[C@H](COP(=O)(O)OP(=O)(O)OC[C@@H]2O[C@H]([n+]3cccc(C(=O)O)c3)C(O)C2O)C(O)[C@@H]1OP(=O)(O)O. The number of carbonyl (C=O) groups is 1. The number of aromatic carboxylic acids is 1. The molecular weight excluding hydrogens is 717 g/mol. The van der Waals surface area contributed by atoms with Crippen molar-refractivity contribution < 1.29 is 90.4 Å². The first kappa shape index (κ1) is 36.4. The number of aromatic nitrogens is 5. The molecule has 10 N–H and O–H groups in total. The van der Waals surface area contributed by atoms with Crippen molar-refractivity contribution in [3.63, 3.8) is 0 Å². The molecule has 0 amide bonds. The zero-order valence-electron chi connectivity index (χ0n) is 23.8. The van der Waals surface area contributed by atoms with Crippen LogP contribution in [-0.2, 0) is 41.1 Å². The van der Waals surface area contributed by atoms with Crippen molar-refractivity contribution in [3.8, 4) is 0 Å². The van der Waals surface area contributed by atoms with Gasteiger partial charge in [-0.1, -0.05) is 0 Å². The molecule has 264 valence electrons. The Morgan fingerprint density at radius 3 is 2.23 bits per heavy atom. The van der Waals surface area contributed by atoms with E-state index in [2.05, 4.69) is 32.8 Å². The molecule has 3 aromatic rings. The molecule has 5 rings (SSSR count). The number of hydrogen-bond donors (Lipinski definition) is 9. The number of anilines is 1. The van der Waals surface area contributed by atoms with Crippen molar-refractivity contribution in [2.75, 3.05) is 18.9 Å². The second-order valence-electron chi connectivity index (χ2n) is 10.2. The van der Waals surface area contributed by atoms with Crippen molar-refractivity contribution in [2.45, 2.75) is 49.1 Å². The maximum Gasteiger partial charge on any atom is 0.481 e. The van der Waals surface area contributed by atoms with E-state index in [1.807, 2.05) is 0 Å². The molecule has 27 heteroatoms. The van der Waals surface area contributed by atoms with Crippen LogP contribution in [0.25, 0.3) is 11.2 Å². The van der Waals surface area contributed by atoms with E-state index < -0.39 is 91.7 Å². The summed E-state index contributed by atoms with van der Waals surface area (Å²) in [6.45, 7) is -2.07. The van der Waals surface area contributed by atoms with Gasteiger partial charge in [-0.25, -0.2) is 33.4 Å². The molecule has 0 aromatic carbocycles. The number of aliphatic hydroxyl groups excluding tert-OH is 3. The fraction of sp³-hybridized carbons (Fsp3) is 0.476. The van der Waals surface area contributed by atoms with Gasteiger partial charge in [-0.3, -0.25) is 18.1 Å². The minimum absolute atomic E-state index is 0.00214. The van der Waals surface area contributed by atoms with Crippen LogP contribution in [0.4, 0.5) is 5.82 Å². The minimum Gasteiger partial charge on any atom is -0.477 e. The normalized spacial score (nSPS) is 30.3. The Balaban J connectivity index is 1.21. The first-order chi connectivity index (χ1) is 22.4. The Bertz CT molecular complexity index is 1810. The first-order valence-corrected chi connectivity index (χ1v) is 17.8. The predicted octanol–water partition coefficient (Wildman–Crippen LogP) is -2.30. The molecule has 0 saturated carbocycles. The van der Waals surface area contributed by atoms with Crippen LogP contribution in [0, 0.1) is 0 Å². The number of imidazole rings is 1. The van der Waals surface area contributed by atoms with Gasteiger partial charge in [-0.2, -0.15) is 8.88 Å². The number of carboxylic acids is 1. The van der Waals surface area contributed by atoms with Crippen LogP contribution >= 0.6 is 23.5 Å². The van der Waals surface area contributed by atoms with Crippen molar-refractivity contribution in [2.24, 2.45) is 0 Å². The van der Waals surface area contributed by atoms with E-state index in [9.17, 15) is 58.5 Å². The Kier molecular flexibility index (Phi) is 10.5. The molecule has 0 aliphatic carbocycles. The fourth-order valence-electron chi connectivity index (χ4n) is 4.81. The maximum atomic E-state index is 12.6. The first-order valence-electron chi connectivity index (χ1n) is 13.3. The zero-order valence-corrected chi connectivity index (χ0v) is 26.5. The van der Waals surface area contributed by atoms with Gasteiger partial charge in [0.05, 0.1) is 19.5 Å². The van der Waals surface area contributed by atoms with E-state index in [0.29, 0.717) is 0 Å². The van der Waals surface area contributed by atoms with Gasteiger partial charge in [-0.15, -0.1) is 0 Å². The van der Waals surface area contributed by atoms with Crippen molar-refractivity contribution in [1.82, 2.24) is 19.5 Å². The van der Waals surface area contributed by atoms with Crippen LogP contribution < -0.4 is 10.3 Å². The van der Waals surface area contributed by atoms with Gasteiger partial charge in [0.15, 0.2) is 36.2 Å². The number of nitrogens with zero attached hydrogens (tertiary/aromatic N) is 5. The molecule has 2 fully saturated rings. The molecule has 0 spiro atoms. The van der Waals surface area contributed by atoms with Crippen LogP contribution in [0.15, 0.2) is 37.2 Å². The summed E-state index contributed by atoms with van der Waals surface area (Å²) in [7, 11) is -16.3. The molecule has 2 saturated heterocycles. The number of rotatable bonds is 13. The lowest BCUT2D eigenvalue weighted by atomic mass is 10.1. The molecule has 5 heterocycles. The van der Waals surface area contributed by atoms with Gasteiger partial charge in [0.1, 0.15) is 47.9 Å². The summed E-state index contributed by atoms with van der Waals surface area (Å²) >= 11 is 0. The highest BCUT2D eigenvalue weighted by atomic mass is 31.3. The Hall–Kier alpha value is -2.86. The predicted molar refractivity (Wildman–Crippen MR) is 149 cm³/mol. The number of aliphatic hydroxyl groups is 3. The molecule has 0 radical (unpaired) electrons. The molecule has 48 heavy (non-hydrogen) atoms. The van der Waals surface area contributed by atoms with Gasteiger partial charge in [0.25, 0.3) is 6.23 Å². The smallest absolute Gasteiger partial charge is 0.477 e. The van der Waals surface area contributed by atoms with E-state index in [1.54, 1.807) is 0 Å². The van der Waals surface area contributed by atoms with Crippen LogP contribution in [-0.4, -0.2) is 115 Å². The summed E-state index contributed by atoms with van der Waals surface area (Å²) in [4.78, 5) is 61.9. The lowest BCUT2D eigenvalue weighted by Gasteiger charge is -2.22. The number of phosphoric acid groups is 3. The number of phosphoric ester groups is 3. The van der Waals surface area contributed by atoms with Gasteiger partial charge >= 0.3 is 29.4 Å². The lowest BCUT2D eigenvalue weighted by Crippen LogP contribution is -2.46. The van der Waals surface area contributed by atoms with Crippen LogP contribution in [0.1, 0.15) is 22.8 Å². The minimum atomic E-state index is -5.54. The second kappa shape index (κ2) is 13.8. The average molecular weight is 745 g/mol. The number of carboxylic acid groups (broad SMARTS) is 1. The fourth-order valence-corrected chi connectivity index (χ4v) is 7.45. The van der Waals surface area contributed by atoms with Crippen LogP contribution in [0.5, 0.6) is 0 Å². The third kappa shape index (κ3) is 8.12. The number of pyridine rings is 1. The van der Waals surface area contributed by atoms with E-state index in [4.69, 9.17) is 15.2 Å². The number of nitrogens with two attached hydrogens (primary N) is 1. The molecule has 3 aromatic heterocycles. The summed E-state index contributed by atoms with van der Waals surface area (Å²) in [5.74, 6) is -1.35. The Morgan fingerprint density at radius 1 is 0.958 bits per heavy atom. The van der Waals surface area contributed by atoms with E-state index in [1.165, 1.54) is 18.3 Å². The number of fused-ring (bicyclic) bond motifs is 1. The summed E-state index contributed by atoms with van der Waals surface area (Å²) in [6.07, 6.45) is -8.76. The quantitative estimate of drug-likeness (QED) is 0.0656. The molecule has 0 bridgehead atoms. The molecule has 2 aliphatic rings. The maximum absolute atomic E-state index is 12.6. The van der Waals surface area contributed by atoms with E-state index in [0.717, 1.165) is 28.0 Å². The van der Waals surface area contributed by atoms with Crippen LogP contribution in [0.2, 0.25) is 0 Å². The summed E-state index contributed by atoms with van der Waals surface area (Å²) in [5.41, 5.74) is 5.63. The van der Waals surface area contributed by atoms with Crippen molar-refractivity contribution in [1.29, 1.82) is 0 Å². The number of ether oxygens (including phenoxy) is 2. The Morgan fingerprint density at radius 2 is 1.60 bits per heavy atom. The zero-order chi connectivity index (χ0) is 35.2. The third-order valence-corrected chi connectivity index (χ3v) is 10.1. The van der Waals surface area contributed by atoms with Gasteiger partial charge in [0, 0.05) is 6.07 Å². The summed E-state index contributed by atoms with van der Waals surface area (Å²) < 4.78 is 68.2. The molecular formula is C21H28N6O18P3+. The molecule has 24 nitrogen and oxygen atoms in total. The monoisotopic (exact) mass is 745 g/mol. The highest BCUT2D eigenvalue weighted by Gasteiger charge is 2.51. The Labute approximate surface area is 267 Å². The number of hydrogen-bond acceptors (Lipinski definition) is 17. The van der Waals surface area contributed by atoms with E-state index >= 15 is 0 Å². The highest BCUT2D eigenvalue weighted by Crippen LogP contribution is 2.61. The molecule has 5 unspecified atom stereocenters. The van der Waals surface area contributed by atoms with Crippen LogP contribution in [0.3, 0.4) is 0 Å². The topological polar surface area (TPSA) is 359 Å². The van der Waals surface area contributed by atoms with Crippen molar-refractivity contribution >= 4 is 46.4 Å². The van der Waals surface area contributed by atoms with Gasteiger partial charge in [-0.05, 0) is 6.07 Å². The summed E-state index contributed by atoms with van der Waals surface area (Å²) in [5, 5.41) is 40.6. The van der Waals surface area contributed by atoms with E-state index in [-0.39, 0.29) is 22.5 Å². The largest absolute Gasteiger partial charge is 0.481 e.